The summed E-state index contributed by atoms with van der Waals surface area (Å²) in [4.78, 5) is 37.7. The molecule has 396 valence electrons. The molecule has 0 aliphatic heterocycles. The van der Waals surface area contributed by atoms with Crippen molar-refractivity contribution in [3.05, 3.63) is 244 Å². The highest BCUT2D eigenvalue weighted by Gasteiger charge is 2.08. The smallest absolute Gasteiger partial charge is 0.317 e. The van der Waals surface area contributed by atoms with E-state index in [-0.39, 0.29) is 19.6 Å². The second-order valence-corrected chi connectivity index (χ2v) is 19.1. The summed E-state index contributed by atoms with van der Waals surface area (Å²) >= 11 is 0. The molecule has 0 atom stereocenters. The molecule has 0 aliphatic carbocycles. The van der Waals surface area contributed by atoms with Gasteiger partial charge >= 0.3 is 17.9 Å². The van der Waals surface area contributed by atoms with E-state index >= 15 is 0 Å². The maximum atomic E-state index is 10.9. The van der Waals surface area contributed by atoms with Crippen molar-refractivity contribution < 1.29 is 29.7 Å². The lowest BCUT2D eigenvalue weighted by atomic mass is 10.0. The Morgan fingerprint density at radius 1 is 0.423 bits per heavy atom. The molecular formula is C69H69N3O6. The van der Waals surface area contributed by atoms with Gasteiger partial charge in [0.25, 0.3) is 0 Å². The van der Waals surface area contributed by atoms with Gasteiger partial charge in [-0.25, -0.2) is 0 Å². The molecule has 9 nitrogen and oxygen atoms in total. The van der Waals surface area contributed by atoms with Crippen molar-refractivity contribution in [1.29, 1.82) is 0 Å². The van der Waals surface area contributed by atoms with Crippen molar-refractivity contribution in [2.75, 3.05) is 60.4 Å². The number of fused-ring (bicyclic) bond motifs is 1. The van der Waals surface area contributed by atoms with E-state index in [1.54, 1.807) is 35.8 Å². The molecule has 0 unspecified atom stereocenters. The highest BCUT2D eigenvalue weighted by Crippen LogP contribution is 2.20. The second kappa shape index (κ2) is 31.8. The summed E-state index contributed by atoms with van der Waals surface area (Å²) < 4.78 is 0. The van der Waals surface area contributed by atoms with Crippen molar-refractivity contribution in [2.24, 2.45) is 0 Å². The first-order chi connectivity index (χ1) is 37.5. The summed E-state index contributed by atoms with van der Waals surface area (Å²) in [6.45, 7) is 10.1. The third-order valence-electron chi connectivity index (χ3n) is 12.1. The first-order valence-electron chi connectivity index (χ1n) is 25.7. The molecule has 0 spiro atoms. The highest BCUT2D eigenvalue weighted by molar-refractivity contribution is 5.85. The molecule has 7 aromatic rings. The average molecular weight is 1040 g/mol. The number of likely N-dealkylation sites (N-methyl/N-ethyl adjacent to an activating group) is 3. The van der Waals surface area contributed by atoms with Crippen LogP contribution in [0.1, 0.15) is 69.8 Å². The fourth-order valence-electron chi connectivity index (χ4n) is 7.68. The Bertz CT molecular complexity index is 3400. The van der Waals surface area contributed by atoms with Gasteiger partial charge in [-0.2, -0.15) is 0 Å². The number of aryl methyl sites for hydroxylation is 2. The van der Waals surface area contributed by atoms with Gasteiger partial charge in [0.05, 0.1) is 19.6 Å². The van der Waals surface area contributed by atoms with Crippen molar-refractivity contribution >= 4 is 45.4 Å². The quantitative estimate of drug-likeness (QED) is 0.0812. The predicted octanol–water partition coefficient (Wildman–Crippen LogP) is 12.3. The Morgan fingerprint density at radius 2 is 0.795 bits per heavy atom. The van der Waals surface area contributed by atoms with E-state index in [1.807, 2.05) is 146 Å². The molecule has 0 fully saturated rings. The lowest BCUT2D eigenvalue weighted by Gasteiger charge is -2.11. The number of hydrogen-bond donors (Lipinski definition) is 3. The van der Waals surface area contributed by atoms with Crippen LogP contribution >= 0.6 is 0 Å². The number of carboxylic acids is 3. The molecule has 0 saturated heterocycles. The molecule has 0 amide bonds. The normalized spacial score (nSPS) is 11.2. The fourth-order valence-corrected chi connectivity index (χ4v) is 7.68. The van der Waals surface area contributed by atoms with E-state index in [2.05, 4.69) is 112 Å². The molecule has 0 heterocycles. The molecule has 0 saturated carbocycles. The van der Waals surface area contributed by atoms with Crippen molar-refractivity contribution in [3.63, 3.8) is 0 Å². The molecule has 3 N–H and O–H groups in total. The number of carboxylic acid groups (broad SMARTS) is 3. The molecule has 0 aromatic heterocycles. The van der Waals surface area contributed by atoms with Gasteiger partial charge in [-0.3, -0.25) is 29.1 Å². The van der Waals surface area contributed by atoms with Crippen molar-refractivity contribution in [1.82, 2.24) is 14.7 Å². The lowest BCUT2D eigenvalue weighted by molar-refractivity contribution is -0.138. The minimum Gasteiger partial charge on any atom is -0.480 e. The van der Waals surface area contributed by atoms with Crippen LogP contribution in [-0.2, 0) is 14.4 Å². The number of nitrogens with zero attached hydrogens (tertiary/aromatic N) is 3. The van der Waals surface area contributed by atoms with E-state index in [9.17, 15) is 14.4 Å². The lowest BCUT2D eigenvalue weighted by Crippen LogP contribution is -2.25. The Labute approximate surface area is 461 Å². The zero-order valence-electron chi connectivity index (χ0n) is 45.7. The number of aliphatic carboxylic acids is 3. The number of carbonyl (C=O) groups is 3. The van der Waals surface area contributed by atoms with Gasteiger partial charge in [0.15, 0.2) is 0 Å². The summed E-state index contributed by atoms with van der Waals surface area (Å²) in [5.74, 6) is 17.4. The maximum Gasteiger partial charge on any atom is 0.317 e. The summed E-state index contributed by atoms with van der Waals surface area (Å²) in [7, 11) is 5.35. The summed E-state index contributed by atoms with van der Waals surface area (Å²) in [5, 5.41) is 29.0. The van der Waals surface area contributed by atoms with Gasteiger partial charge in [-0.15, -0.1) is 0 Å². The van der Waals surface area contributed by atoms with Crippen molar-refractivity contribution in [2.45, 2.75) is 33.6 Å². The minimum atomic E-state index is -0.839. The van der Waals surface area contributed by atoms with Crippen LogP contribution in [0.2, 0.25) is 0 Å². The molecule has 9 heteroatoms. The molecule has 0 bridgehead atoms. The predicted molar refractivity (Wildman–Crippen MR) is 320 cm³/mol. The van der Waals surface area contributed by atoms with Gasteiger partial charge < -0.3 is 15.3 Å². The van der Waals surface area contributed by atoms with E-state index < -0.39 is 17.9 Å². The molecule has 0 radical (unpaired) electrons. The maximum absolute atomic E-state index is 10.9. The van der Waals surface area contributed by atoms with Gasteiger partial charge in [-0.05, 0) is 121 Å². The number of allylic oxidation sites excluding steroid dienone is 3. The summed E-state index contributed by atoms with van der Waals surface area (Å²) in [5.41, 5.74) is 12.4. The molecular weight excluding hydrogens is 967 g/mol. The van der Waals surface area contributed by atoms with Crippen LogP contribution in [0.25, 0.3) is 27.5 Å². The fraction of sp³-hybridized carbons (Fsp3) is 0.203. The Hall–Kier alpha value is -9.01. The van der Waals surface area contributed by atoms with Crippen LogP contribution in [0, 0.1) is 49.4 Å². The average Bonchev–Trinajstić information content (AvgIpc) is 3.43. The van der Waals surface area contributed by atoms with Gasteiger partial charge in [-0.1, -0.05) is 207 Å². The zero-order chi connectivity index (χ0) is 56.2. The first kappa shape index (κ1) is 59.9. The van der Waals surface area contributed by atoms with E-state index in [4.69, 9.17) is 15.3 Å². The third-order valence-corrected chi connectivity index (χ3v) is 12.1. The SMILES string of the molecule is CC(C)c1cccc(C#CC(=CCN(C)CC(=O)O)c2ccccc2)c1.CN(CC=C(C#Cc1ccc2ccccc2c1)c1ccccc1)CC(=O)O.Cc1ccc(C#CC(=CCN(C)CC(=O)O)c2ccccc2)cc1C. The van der Waals surface area contributed by atoms with Crippen LogP contribution in [0.5, 0.6) is 0 Å². The third kappa shape index (κ3) is 21.7. The van der Waals surface area contributed by atoms with Crippen LogP contribution in [0.3, 0.4) is 0 Å². The first-order valence-corrected chi connectivity index (χ1v) is 25.7. The molecule has 7 aromatic carbocycles. The molecule has 0 aliphatic rings. The number of benzene rings is 7. The Morgan fingerprint density at radius 3 is 1.19 bits per heavy atom. The van der Waals surface area contributed by atoms with Crippen molar-refractivity contribution in [3.8, 4) is 35.5 Å². The number of rotatable bonds is 16. The Kier molecular flexibility index (Phi) is 24.4. The Balaban J connectivity index is 0.000000216. The largest absolute Gasteiger partial charge is 0.480 e. The van der Waals surface area contributed by atoms with Crippen LogP contribution in [0.4, 0.5) is 0 Å². The number of hydrogen-bond acceptors (Lipinski definition) is 6. The zero-order valence-corrected chi connectivity index (χ0v) is 45.7. The van der Waals surface area contributed by atoms with E-state index in [0.29, 0.717) is 25.6 Å². The summed E-state index contributed by atoms with van der Waals surface area (Å²) in [6, 6.07) is 58.7. The second-order valence-electron chi connectivity index (χ2n) is 19.1. The van der Waals surface area contributed by atoms with Crippen LogP contribution in [-0.4, -0.2) is 108 Å². The topological polar surface area (TPSA) is 122 Å². The van der Waals surface area contributed by atoms with Crippen LogP contribution in [0.15, 0.2) is 194 Å². The molecule has 7 rings (SSSR count). The van der Waals surface area contributed by atoms with E-state index in [0.717, 1.165) is 55.5 Å². The van der Waals surface area contributed by atoms with Crippen LogP contribution < -0.4 is 0 Å². The molecule has 78 heavy (non-hydrogen) atoms. The monoisotopic (exact) mass is 1040 g/mol. The standard InChI is InChI=1S/C24H21NO2.C23H25NO2.C22H23NO2/c1-25(18-24(26)27)16-15-22(20-7-3-2-4-8-20)14-12-19-11-13-21-9-5-6-10-23(21)17-19;1-18(2)22-11-7-8-19(16-22)12-13-21(20-9-5-4-6-10-20)14-15-24(3)17-23(25)26;1-17-9-10-19(15-18(17)2)11-12-21(20-7-5-4-6-8-20)13-14-23(3)16-22(24)25/h2-11,13,15,17H,16,18H2,1H3,(H,26,27);4-11,14,16,18H,15,17H2,1-3H3,(H,25,26);4-10,13,15H,14,16H2,1-3H3,(H,24,25). The van der Waals surface area contributed by atoms with Gasteiger partial charge in [0.2, 0.25) is 0 Å². The summed E-state index contributed by atoms with van der Waals surface area (Å²) in [6.07, 6.45) is 5.94. The highest BCUT2D eigenvalue weighted by atomic mass is 16.4. The van der Waals surface area contributed by atoms with Gasteiger partial charge in [0.1, 0.15) is 0 Å². The van der Waals surface area contributed by atoms with E-state index in [1.165, 1.54) is 22.1 Å². The minimum absolute atomic E-state index is 0.00241. The van der Waals surface area contributed by atoms with Gasteiger partial charge in [0, 0.05) is 53.0 Å².